The second-order valence-corrected chi connectivity index (χ2v) is 6.38. The zero-order valence-electron chi connectivity index (χ0n) is 15.1. The number of carbonyl (C=O) groups is 1. The summed E-state index contributed by atoms with van der Waals surface area (Å²) in [5.74, 6) is 0.681. The van der Waals surface area contributed by atoms with Crippen LogP contribution in [-0.2, 0) is 4.79 Å². The van der Waals surface area contributed by atoms with Crippen molar-refractivity contribution in [2.75, 3.05) is 37.7 Å². The molecule has 0 N–H and O–H groups in total. The van der Waals surface area contributed by atoms with E-state index in [0.717, 1.165) is 5.56 Å². The zero-order chi connectivity index (χ0) is 19.3. The molecule has 0 atom stereocenters. The van der Waals surface area contributed by atoms with Crippen LogP contribution < -0.4 is 9.64 Å². The van der Waals surface area contributed by atoms with Gasteiger partial charge in [0.15, 0.2) is 6.61 Å². The van der Waals surface area contributed by atoms with Crippen molar-refractivity contribution in [1.82, 2.24) is 15.1 Å². The summed E-state index contributed by atoms with van der Waals surface area (Å²) in [6, 6.07) is 13.8. The van der Waals surface area contributed by atoms with E-state index >= 15 is 0 Å². The molecule has 4 rings (SSSR count). The molecule has 3 aromatic rings. The molecular weight excluding hydrogens is 363 g/mol. The Kier molecular flexibility index (Phi) is 5.18. The first-order valence-electron chi connectivity index (χ1n) is 8.97. The molecule has 7 nitrogen and oxygen atoms in total. The fourth-order valence-corrected chi connectivity index (χ4v) is 3.13. The van der Waals surface area contributed by atoms with Gasteiger partial charge in [-0.15, -0.1) is 10.2 Å². The Labute approximate surface area is 161 Å². The van der Waals surface area contributed by atoms with Crippen LogP contribution in [0.1, 0.15) is 0 Å². The molecule has 144 valence electrons. The minimum atomic E-state index is -0.241. The standard InChI is InChI=1S/C20H19FN4O3/c21-17-3-1-2-4-18(17)24-9-11-25(12-10-24)19(26)13-27-16-7-5-15(6-8-16)20-23-22-14-28-20/h1-8,14H,9-13H2. The topological polar surface area (TPSA) is 71.7 Å². The average Bonchev–Trinajstić information content (AvgIpc) is 3.28. The van der Waals surface area contributed by atoms with Gasteiger partial charge in [-0.25, -0.2) is 4.39 Å². The molecule has 0 spiro atoms. The molecule has 8 heteroatoms. The van der Waals surface area contributed by atoms with Gasteiger partial charge in [0.25, 0.3) is 5.91 Å². The van der Waals surface area contributed by atoms with E-state index in [1.165, 1.54) is 12.5 Å². The van der Waals surface area contributed by atoms with Gasteiger partial charge in [-0.3, -0.25) is 4.79 Å². The van der Waals surface area contributed by atoms with Crippen molar-refractivity contribution in [2.24, 2.45) is 0 Å². The SMILES string of the molecule is O=C(COc1ccc(-c2nnco2)cc1)N1CCN(c2ccccc2F)CC1. The lowest BCUT2D eigenvalue weighted by molar-refractivity contribution is -0.133. The summed E-state index contributed by atoms with van der Waals surface area (Å²) in [6.45, 7) is 2.20. The van der Waals surface area contributed by atoms with E-state index in [4.69, 9.17) is 9.15 Å². The highest BCUT2D eigenvalue weighted by Crippen LogP contribution is 2.21. The number of halogens is 1. The van der Waals surface area contributed by atoms with E-state index in [1.54, 1.807) is 41.3 Å². The van der Waals surface area contributed by atoms with Gasteiger partial charge in [0, 0.05) is 31.7 Å². The molecule has 1 saturated heterocycles. The molecule has 1 aliphatic heterocycles. The smallest absolute Gasteiger partial charge is 0.260 e. The number of rotatable bonds is 5. The fourth-order valence-electron chi connectivity index (χ4n) is 3.13. The third-order valence-corrected chi connectivity index (χ3v) is 4.65. The van der Waals surface area contributed by atoms with Gasteiger partial charge in [-0.1, -0.05) is 12.1 Å². The van der Waals surface area contributed by atoms with E-state index in [0.29, 0.717) is 43.5 Å². The van der Waals surface area contributed by atoms with Crippen molar-refractivity contribution in [1.29, 1.82) is 0 Å². The molecular formula is C20H19FN4O3. The van der Waals surface area contributed by atoms with E-state index in [1.807, 2.05) is 11.0 Å². The second-order valence-electron chi connectivity index (χ2n) is 6.38. The molecule has 0 bridgehead atoms. The van der Waals surface area contributed by atoms with Crippen LogP contribution in [0.25, 0.3) is 11.5 Å². The van der Waals surface area contributed by atoms with Crippen LogP contribution in [0.3, 0.4) is 0 Å². The van der Waals surface area contributed by atoms with E-state index in [-0.39, 0.29) is 18.3 Å². The lowest BCUT2D eigenvalue weighted by Crippen LogP contribution is -2.50. The first-order chi connectivity index (χ1) is 13.7. The first-order valence-corrected chi connectivity index (χ1v) is 8.97. The number of carbonyl (C=O) groups excluding carboxylic acids is 1. The molecule has 1 amide bonds. The molecule has 1 aromatic heterocycles. The van der Waals surface area contributed by atoms with Gasteiger partial charge < -0.3 is 19.0 Å². The molecule has 2 heterocycles. The van der Waals surface area contributed by atoms with Crippen LogP contribution in [-0.4, -0.2) is 53.8 Å². The Morgan fingerprint density at radius 3 is 2.50 bits per heavy atom. The lowest BCUT2D eigenvalue weighted by atomic mass is 10.2. The Hall–Kier alpha value is -3.42. The number of ether oxygens (including phenoxy) is 1. The number of hydrogen-bond acceptors (Lipinski definition) is 6. The Bertz CT molecular complexity index is 923. The number of anilines is 1. The maximum atomic E-state index is 13.9. The van der Waals surface area contributed by atoms with Crippen LogP contribution in [0.4, 0.5) is 10.1 Å². The van der Waals surface area contributed by atoms with Crippen LogP contribution in [0.5, 0.6) is 5.75 Å². The predicted molar refractivity (Wildman–Crippen MR) is 100 cm³/mol. The van der Waals surface area contributed by atoms with Crippen molar-refractivity contribution < 1.29 is 18.3 Å². The highest BCUT2D eigenvalue weighted by molar-refractivity contribution is 5.78. The Morgan fingerprint density at radius 2 is 1.82 bits per heavy atom. The minimum absolute atomic E-state index is 0.0421. The summed E-state index contributed by atoms with van der Waals surface area (Å²) >= 11 is 0. The number of hydrogen-bond donors (Lipinski definition) is 0. The predicted octanol–water partition coefficient (Wildman–Crippen LogP) is 2.60. The number of amides is 1. The number of nitrogens with zero attached hydrogens (tertiary/aromatic N) is 4. The summed E-state index contributed by atoms with van der Waals surface area (Å²) in [7, 11) is 0. The summed E-state index contributed by atoms with van der Waals surface area (Å²) in [5, 5.41) is 7.48. The van der Waals surface area contributed by atoms with Crippen LogP contribution >= 0.6 is 0 Å². The Morgan fingerprint density at radius 1 is 1.07 bits per heavy atom. The molecule has 0 aliphatic carbocycles. The number of benzene rings is 2. The summed E-state index contributed by atoms with van der Waals surface area (Å²) in [4.78, 5) is 16.1. The average molecular weight is 382 g/mol. The van der Waals surface area contributed by atoms with Crippen molar-refractivity contribution in [2.45, 2.75) is 0 Å². The fraction of sp³-hybridized carbons (Fsp3) is 0.250. The highest BCUT2D eigenvalue weighted by Gasteiger charge is 2.22. The molecule has 1 aliphatic rings. The van der Waals surface area contributed by atoms with Gasteiger partial charge in [0.05, 0.1) is 5.69 Å². The summed E-state index contributed by atoms with van der Waals surface area (Å²) in [6.07, 6.45) is 1.27. The van der Waals surface area contributed by atoms with Gasteiger partial charge >= 0.3 is 0 Å². The van der Waals surface area contributed by atoms with Crippen molar-refractivity contribution in [3.63, 3.8) is 0 Å². The first kappa shape index (κ1) is 18.0. The molecule has 0 saturated carbocycles. The van der Waals surface area contributed by atoms with Crippen LogP contribution in [0, 0.1) is 5.82 Å². The molecule has 0 radical (unpaired) electrons. The second kappa shape index (κ2) is 8.08. The maximum Gasteiger partial charge on any atom is 0.260 e. The number of piperazine rings is 1. The van der Waals surface area contributed by atoms with Crippen LogP contribution in [0.2, 0.25) is 0 Å². The van der Waals surface area contributed by atoms with Gasteiger partial charge in [0.1, 0.15) is 11.6 Å². The minimum Gasteiger partial charge on any atom is -0.484 e. The van der Waals surface area contributed by atoms with Crippen molar-refractivity contribution in [3.8, 4) is 17.2 Å². The quantitative estimate of drug-likeness (QED) is 0.676. The lowest BCUT2D eigenvalue weighted by Gasteiger charge is -2.36. The highest BCUT2D eigenvalue weighted by atomic mass is 19.1. The third-order valence-electron chi connectivity index (χ3n) is 4.65. The normalized spacial score (nSPS) is 14.2. The van der Waals surface area contributed by atoms with Gasteiger partial charge in [0.2, 0.25) is 12.3 Å². The molecule has 1 fully saturated rings. The molecule has 2 aromatic carbocycles. The molecule has 28 heavy (non-hydrogen) atoms. The maximum absolute atomic E-state index is 13.9. The van der Waals surface area contributed by atoms with E-state index in [9.17, 15) is 9.18 Å². The van der Waals surface area contributed by atoms with Crippen molar-refractivity contribution >= 4 is 11.6 Å². The van der Waals surface area contributed by atoms with E-state index < -0.39 is 0 Å². The van der Waals surface area contributed by atoms with Gasteiger partial charge in [-0.2, -0.15) is 0 Å². The molecule has 0 unspecified atom stereocenters. The van der Waals surface area contributed by atoms with Crippen LogP contribution in [0.15, 0.2) is 59.3 Å². The largest absolute Gasteiger partial charge is 0.484 e. The van der Waals surface area contributed by atoms with Crippen molar-refractivity contribution in [3.05, 3.63) is 60.7 Å². The third kappa shape index (κ3) is 3.95. The summed E-state index contributed by atoms with van der Waals surface area (Å²) < 4.78 is 24.6. The zero-order valence-corrected chi connectivity index (χ0v) is 15.1. The Balaban J connectivity index is 1.27. The number of para-hydroxylation sites is 1. The van der Waals surface area contributed by atoms with Gasteiger partial charge in [-0.05, 0) is 36.4 Å². The summed E-state index contributed by atoms with van der Waals surface area (Å²) in [5.41, 5.74) is 1.35. The number of aromatic nitrogens is 2. The monoisotopic (exact) mass is 382 g/mol. The van der Waals surface area contributed by atoms with E-state index in [2.05, 4.69) is 10.2 Å².